The fourth-order valence-corrected chi connectivity index (χ4v) is 3.32. The van der Waals surface area contributed by atoms with Gasteiger partial charge in [-0.1, -0.05) is 0 Å². The van der Waals surface area contributed by atoms with Crippen LogP contribution in [0.1, 0.15) is 22.3 Å². The fraction of sp³-hybridized carbons (Fsp3) is 0.231. The van der Waals surface area contributed by atoms with E-state index in [2.05, 4.69) is 26.8 Å². The number of nitrogens with two attached hydrogens (primary N) is 1. The van der Waals surface area contributed by atoms with Crippen molar-refractivity contribution in [2.24, 2.45) is 5.73 Å². The number of aryl methyl sites for hydroxylation is 1. The molecule has 3 aromatic heterocycles. The van der Waals surface area contributed by atoms with E-state index in [0.29, 0.717) is 0 Å². The minimum Gasteiger partial charge on any atom is -0.324 e. The first-order valence-corrected chi connectivity index (χ1v) is 7.48. The van der Waals surface area contributed by atoms with Gasteiger partial charge in [0.1, 0.15) is 0 Å². The number of hydrogen-bond acceptors (Lipinski definition) is 5. The summed E-state index contributed by atoms with van der Waals surface area (Å²) < 4.78 is 1.19. The Balaban J connectivity index is 1.84. The molecule has 3 rings (SSSR count). The van der Waals surface area contributed by atoms with Crippen LogP contribution in [-0.2, 0) is 6.42 Å². The lowest BCUT2D eigenvalue weighted by Gasteiger charge is -2.09. The molecule has 0 aliphatic carbocycles. The van der Waals surface area contributed by atoms with Crippen molar-refractivity contribution >= 4 is 32.9 Å². The lowest BCUT2D eigenvalue weighted by Crippen LogP contribution is -2.13. The second kappa shape index (κ2) is 4.76. The highest BCUT2D eigenvalue weighted by Gasteiger charge is 2.10. The summed E-state index contributed by atoms with van der Waals surface area (Å²) in [4.78, 5) is 8.87. The number of pyridine rings is 1. The summed E-state index contributed by atoms with van der Waals surface area (Å²) in [5, 5.41) is 5.22. The zero-order valence-corrected chi connectivity index (χ0v) is 11.6. The predicted octanol–water partition coefficient (Wildman–Crippen LogP) is 3.30. The van der Waals surface area contributed by atoms with Gasteiger partial charge in [0.25, 0.3) is 0 Å². The smallest absolute Gasteiger partial charge is 0.0897 e. The van der Waals surface area contributed by atoms with Crippen LogP contribution in [0.5, 0.6) is 0 Å². The van der Waals surface area contributed by atoms with Crippen LogP contribution in [-0.4, -0.2) is 9.97 Å². The lowest BCUT2D eigenvalue weighted by atomic mass is 10.1. The number of fused-ring (bicyclic) bond motifs is 1. The molecular formula is C13H13N3S2. The molecule has 0 saturated heterocycles. The van der Waals surface area contributed by atoms with E-state index in [1.807, 2.05) is 19.2 Å². The minimum absolute atomic E-state index is 0.0366. The average molecular weight is 275 g/mol. The van der Waals surface area contributed by atoms with Crippen LogP contribution in [0.2, 0.25) is 0 Å². The van der Waals surface area contributed by atoms with Gasteiger partial charge in [0, 0.05) is 24.0 Å². The van der Waals surface area contributed by atoms with E-state index in [4.69, 9.17) is 5.73 Å². The topological polar surface area (TPSA) is 51.8 Å². The van der Waals surface area contributed by atoms with Crippen LogP contribution < -0.4 is 5.73 Å². The van der Waals surface area contributed by atoms with Crippen molar-refractivity contribution in [3.05, 3.63) is 45.4 Å². The van der Waals surface area contributed by atoms with Crippen LogP contribution in [0.3, 0.4) is 0 Å². The molecule has 3 heterocycles. The van der Waals surface area contributed by atoms with Gasteiger partial charge in [-0.05, 0) is 30.0 Å². The molecule has 92 valence electrons. The Kier molecular flexibility index (Phi) is 3.11. The van der Waals surface area contributed by atoms with E-state index in [-0.39, 0.29) is 6.04 Å². The summed E-state index contributed by atoms with van der Waals surface area (Å²) in [6.45, 7) is 2.01. The second-order valence-electron chi connectivity index (χ2n) is 4.24. The van der Waals surface area contributed by atoms with Crippen molar-refractivity contribution in [2.75, 3.05) is 0 Å². The zero-order valence-electron chi connectivity index (χ0n) is 9.96. The van der Waals surface area contributed by atoms with Crippen LogP contribution in [0.15, 0.2) is 29.1 Å². The Labute approximate surface area is 113 Å². The average Bonchev–Trinajstić information content (AvgIpc) is 2.96. The van der Waals surface area contributed by atoms with E-state index >= 15 is 0 Å². The van der Waals surface area contributed by atoms with Gasteiger partial charge in [0.2, 0.25) is 0 Å². The van der Waals surface area contributed by atoms with Gasteiger partial charge in [0.05, 0.1) is 20.9 Å². The molecule has 5 heteroatoms. The quantitative estimate of drug-likeness (QED) is 0.798. The highest BCUT2D eigenvalue weighted by molar-refractivity contribution is 7.17. The van der Waals surface area contributed by atoms with Gasteiger partial charge in [0.15, 0.2) is 0 Å². The largest absolute Gasteiger partial charge is 0.324 e. The Morgan fingerprint density at radius 2 is 2.28 bits per heavy atom. The number of aromatic nitrogens is 2. The van der Waals surface area contributed by atoms with Crippen molar-refractivity contribution < 1.29 is 0 Å². The van der Waals surface area contributed by atoms with Gasteiger partial charge in [-0.25, -0.2) is 4.98 Å². The van der Waals surface area contributed by atoms with Crippen LogP contribution in [0, 0.1) is 6.92 Å². The van der Waals surface area contributed by atoms with E-state index in [9.17, 15) is 0 Å². The number of nitrogens with zero attached hydrogens (tertiary/aromatic N) is 2. The molecule has 0 fully saturated rings. The van der Waals surface area contributed by atoms with Gasteiger partial charge >= 0.3 is 0 Å². The van der Waals surface area contributed by atoms with Gasteiger partial charge in [-0.2, -0.15) is 0 Å². The molecule has 0 saturated carbocycles. The summed E-state index contributed by atoms with van der Waals surface area (Å²) in [7, 11) is 0. The first kappa shape index (κ1) is 11.8. The first-order valence-electron chi connectivity index (χ1n) is 5.72. The molecule has 18 heavy (non-hydrogen) atoms. The number of thiazole rings is 1. The van der Waals surface area contributed by atoms with E-state index < -0.39 is 0 Å². The molecule has 0 radical (unpaired) electrons. The Morgan fingerprint density at radius 3 is 3.06 bits per heavy atom. The Hall–Kier alpha value is -1.30. The summed E-state index contributed by atoms with van der Waals surface area (Å²) in [6, 6.07) is 4.13. The van der Waals surface area contributed by atoms with E-state index in [1.165, 1.54) is 4.70 Å². The fourth-order valence-electron chi connectivity index (χ4n) is 1.91. The number of thiophene rings is 1. The summed E-state index contributed by atoms with van der Waals surface area (Å²) in [5.41, 5.74) is 9.41. The maximum Gasteiger partial charge on any atom is 0.0897 e. The van der Waals surface area contributed by atoms with E-state index in [0.717, 1.165) is 28.2 Å². The highest BCUT2D eigenvalue weighted by atomic mass is 32.1. The lowest BCUT2D eigenvalue weighted by molar-refractivity contribution is 0.707. The summed E-state index contributed by atoms with van der Waals surface area (Å²) in [6.07, 6.45) is 2.64. The standard InChI is InChI=1S/C13H13N3S2/c1-8-16-10(7-18-8)5-11(14)9-4-13-12(15-6-9)2-3-17-13/h2-4,6-7,11H,5,14H2,1H3. The predicted molar refractivity (Wildman–Crippen MR) is 77.1 cm³/mol. The third-order valence-electron chi connectivity index (χ3n) is 2.85. The third kappa shape index (κ3) is 2.29. The molecule has 0 aromatic carbocycles. The van der Waals surface area contributed by atoms with Crippen molar-refractivity contribution in [3.63, 3.8) is 0 Å². The van der Waals surface area contributed by atoms with E-state index in [1.54, 1.807) is 22.7 Å². The molecule has 0 aliphatic rings. The molecule has 0 spiro atoms. The molecule has 3 aromatic rings. The Bertz CT molecular complexity index is 671. The van der Waals surface area contributed by atoms with Crippen molar-refractivity contribution in [1.29, 1.82) is 0 Å². The van der Waals surface area contributed by atoms with Gasteiger partial charge in [-0.3, -0.25) is 4.98 Å². The molecule has 0 bridgehead atoms. The molecule has 1 atom stereocenters. The third-order valence-corrected chi connectivity index (χ3v) is 4.52. The Morgan fingerprint density at radius 1 is 1.39 bits per heavy atom. The van der Waals surface area contributed by atoms with Crippen molar-refractivity contribution in [2.45, 2.75) is 19.4 Å². The molecule has 1 unspecified atom stereocenters. The SMILES string of the molecule is Cc1nc(CC(N)c2cnc3ccsc3c2)cs1. The van der Waals surface area contributed by atoms with Crippen LogP contribution in [0.4, 0.5) is 0 Å². The van der Waals surface area contributed by atoms with Crippen molar-refractivity contribution in [3.8, 4) is 0 Å². The molecule has 3 nitrogen and oxygen atoms in total. The number of hydrogen-bond donors (Lipinski definition) is 1. The minimum atomic E-state index is -0.0366. The normalized spacial score (nSPS) is 13.0. The molecule has 2 N–H and O–H groups in total. The summed E-state index contributed by atoms with van der Waals surface area (Å²) >= 11 is 3.36. The monoisotopic (exact) mass is 275 g/mol. The van der Waals surface area contributed by atoms with Crippen LogP contribution in [0.25, 0.3) is 10.2 Å². The maximum absolute atomic E-state index is 6.23. The zero-order chi connectivity index (χ0) is 12.5. The maximum atomic E-state index is 6.23. The summed E-state index contributed by atoms with van der Waals surface area (Å²) in [5.74, 6) is 0. The first-order chi connectivity index (χ1) is 8.72. The molecular weight excluding hydrogens is 262 g/mol. The molecule has 0 aliphatic heterocycles. The van der Waals surface area contributed by atoms with Crippen molar-refractivity contribution in [1.82, 2.24) is 9.97 Å². The van der Waals surface area contributed by atoms with Gasteiger partial charge in [-0.15, -0.1) is 22.7 Å². The second-order valence-corrected chi connectivity index (χ2v) is 6.25. The number of rotatable bonds is 3. The van der Waals surface area contributed by atoms with Gasteiger partial charge < -0.3 is 5.73 Å². The highest BCUT2D eigenvalue weighted by Crippen LogP contribution is 2.23. The molecule has 0 amide bonds. The van der Waals surface area contributed by atoms with Crippen LogP contribution >= 0.6 is 22.7 Å².